The number of benzene rings is 1. The summed E-state index contributed by atoms with van der Waals surface area (Å²) >= 11 is 0. The molecule has 1 rings (SSSR count). The minimum absolute atomic E-state index is 0.812. The van der Waals surface area contributed by atoms with Crippen LogP contribution in [0, 0.1) is 19.8 Å². The van der Waals surface area contributed by atoms with Gasteiger partial charge in [-0.15, -0.1) is 0 Å². The molecule has 0 saturated heterocycles. The van der Waals surface area contributed by atoms with Crippen LogP contribution in [-0.2, 0) is 0 Å². The molecule has 0 spiro atoms. The number of rotatable bonds is 5. The van der Waals surface area contributed by atoms with E-state index < -0.39 is 0 Å². The molecule has 0 amide bonds. The van der Waals surface area contributed by atoms with Crippen molar-refractivity contribution in [2.45, 2.75) is 40.5 Å². The first-order valence-corrected chi connectivity index (χ1v) is 5.90. The van der Waals surface area contributed by atoms with Gasteiger partial charge in [-0.1, -0.05) is 19.9 Å². The maximum Gasteiger partial charge on any atom is 0.0342 e. The van der Waals surface area contributed by atoms with Crippen molar-refractivity contribution in [1.82, 2.24) is 0 Å². The molecule has 0 atom stereocenters. The van der Waals surface area contributed by atoms with Gasteiger partial charge in [-0.25, -0.2) is 0 Å². The topological polar surface area (TPSA) is 12.0 Å². The van der Waals surface area contributed by atoms with Crippen LogP contribution in [0.25, 0.3) is 0 Å². The van der Waals surface area contributed by atoms with Crippen molar-refractivity contribution in [3.63, 3.8) is 0 Å². The van der Waals surface area contributed by atoms with Crippen molar-refractivity contribution in [1.29, 1.82) is 0 Å². The van der Waals surface area contributed by atoms with Gasteiger partial charge in [-0.05, 0) is 55.9 Å². The number of hydrogen-bond donors (Lipinski definition) is 1. The molecular formula is C14H23N. The maximum absolute atomic E-state index is 3.47. The summed E-state index contributed by atoms with van der Waals surface area (Å²) < 4.78 is 0. The second-order valence-electron chi connectivity index (χ2n) is 4.76. The standard InChI is InChI=1S/C14H23N/c1-11(2)6-5-9-15-14-8-7-12(3)13(4)10-14/h7-8,10-11,15H,5-6,9H2,1-4H3. The zero-order valence-corrected chi connectivity index (χ0v) is 10.4. The fraction of sp³-hybridized carbons (Fsp3) is 0.571. The van der Waals surface area contributed by atoms with Crippen LogP contribution in [0.4, 0.5) is 5.69 Å². The van der Waals surface area contributed by atoms with Gasteiger partial charge in [-0.3, -0.25) is 0 Å². The Hall–Kier alpha value is -0.980. The Bertz CT molecular complexity index is 302. The molecule has 0 fully saturated rings. The Morgan fingerprint density at radius 1 is 1.13 bits per heavy atom. The fourth-order valence-corrected chi connectivity index (χ4v) is 1.59. The van der Waals surface area contributed by atoms with Gasteiger partial charge in [0.1, 0.15) is 0 Å². The van der Waals surface area contributed by atoms with Crippen LogP contribution < -0.4 is 5.32 Å². The summed E-state index contributed by atoms with van der Waals surface area (Å²) in [5, 5.41) is 3.47. The minimum Gasteiger partial charge on any atom is -0.385 e. The summed E-state index contributed by atoms with van der Waals surface area (Å²) in [6.07, 6.45) is 2.56. The lowest BCUT2D eigenvalue weighted by Gasteiger charge is -2.09. The number of nitrogens with one attached hydrogen (secondary N) is 1. The molecule has 1 aromatic carbocycles. The molecule has 0 unspecified atom stereocenters. The molecule has 0 aromatic heterocycles. The van der Waals surface area contributed by atoms with Crippen molar-refractivity contribution in [2.24, 2.45) is 5.92 Å². The molecule has 15 heavy (non-hydrogen) atoms. The van der Waals surface area contributed by atoms with Crippen molar-refractivity contribution >= 4 is 5.69 Å². The van der Waals surface area contributed by atoms with Crippen LogP contribution >= 0.6 is 0 Å². The quantitative estimate of drug-likeness (QED) is 0.712. The van der Waals surface area contributed by atoms with Gasteiger partial charge in [0.05, 0.1) is 0 Å². The van der Waals surface area contributed by atoms with Gasteiger partial charge in [0.2, 0.25) is 0 Å². The van der Waals surface area contributed by atoms with E-state index in [4.69, 9.17) is 0 Å². The van der Waals surface area contributed by atoms with Gasteiger partial charge >= 0.3 is 0 Å². The highest BCUT2D eigenvalue weighted by Crippen LogP contribution is 2.14. The largest absolute Gasteiger partial charge is 0.385 e. The molecule has 0 radical (unpaired) electrons. The first-order valence-electron chi connectivity index (χ1n) is 5.90. The van der Waals surface area contributed by atoms with Gasteiger partial charge in [0.25, 0.3) is 0 Å². The lowest BCUT2D eigenvalue weighted by atomic mass is 10.1. The van der Waals surface area contributed by atoms with Crippen molar-refractivity contribution in [3.05, 3.63) is 29.3 Å². The third-order valence-corrected chi connectivity index (χ3v) is 2.79. The van der Waals surface area contributed by atoms with Crippen LogP contribution in [0.2, 0.25) is 0 Å². The van der Waals surface area contributed by atoms with E-state index in [2.05, 4.69) is 51.2 Å². The summed E-state index contributed by atoms with van der Waals surface area (Å²) in [5.74, 6) is 0.812. The Balaban J connectivity index is 2.35. The highest BCUT2D eigenvalue weighted by atomic mass is 14.9. The Morgan fingerprint density at radius 3 is 2.47 bits per heavy atom. The van der Waals surface area contributed by atoms with Crippen LogP contribution in [0.15, 0.2) is 18.2 Å². The van der Waals surface area contributed by atoms with Gasteiger partial charge in [0.15, 0.2) is 0 Å². The third-order valence-electron chi connectivity index (χ3n) is 2.79. The summed E-state index contributed by atoms with van der Waals surface area (Å²) in [5.41, 5.74) is 3.98. The monoisotopic (exact) mass is 205 g/mol. The summed E-state index contributed by atoms with van der Waals surface area (Å²) in [6.45, 7) is 9.94. The molecule has 1 heteroatoms. The smallest absolute Gasteiger partial charge is 0.0342 e. The summed E-state index contributed by atoms with van der Waals surface area (Å²) in [4.78, 5) is 0. The molecule has 0 aliphatic rings. The number of anilines is 1. The Morgan fingerprint density at radius 2 is 1.87 bits per heavy atom. The van der Waals surface area contributed by atoms with Gasteiger partial charge in [-0.2, -0.15) is 0 Å². The van der Waals surface area contributed by atoms with E-state index in [0.29, 0.717) is 0 Å². The van der Waals surface area contributed by atoms with E-state index in [-0.39, 0.29) is 0 Å². The van der Waals surface area contributed by atoms with Crippen molar-refractivity contribution < 1.29 is 0 Å². The van der Waals surface area contributed by atoms with Gasteiger partial charge < -0.3 is 5.32 Å². The second-order valence-corrected chi connectivity index (χ2v) is 4.76. The zero-order chi connectivity index (χ0) is 11.3. The molecule has 0 aliphatic carbocycles. The van der Waals surface area contributed by atoms with Crippen LogP contribution in [0.3, 0.4) is 0 Å². The van der Waals surface area contributed by atoms with Crippen LogP contribution in [0.5, 0.6) is 0 Å². The average Bonchev–Trinajstić information content (AvgIpc) is 2.18. The SMILES string of the molecule is Cc1ccc(NCCCC(C)C)cc1C. The lowest BCUT2D eigenvalue weighted by Crippen LogP contribution is -2.03. The summed E-state index contributed by atoms with van der Waals surface area (Å²) in [6, 6.07) is 6.57. The lowest BCUT2D eigenvalue weighted by molar-refractivity contribution is 0.567. The van der Waals surface area contributed by atoms with Crippen molar-refractivity contribution in [3.8, 4) is 0 Å². The van der Waals surface area contributed by atoms with Crippen molar-refractivity contribution in [2.75, 3.05) is 11.9 Å². The normalized spacial score (nSPS) is 10.7. The van der Waals surface area contributed by atoms with E-state index >= 15 is 0 Å². The van der Waals surface area contributed by atoms with Gasteiger partial charge in [0, 0.05) is 12.2 Å². The highest BCUT2D eigenvalue weighted by molar-refractivity contribution is 5.47. The predicted octanol–water partition coefficient (Wildman–Crippen LogP) is 4.15. The molecule has 84 valence electrons. The predicted molar refractivity (Wildman–Crippen MR) is 68.5 cm³/mol. The fourth-order valence-electron chi connectivity index (χ4n) is 1.59. The first-order chi connectivity index (χ1) is 7.09. The molecule has 1 aromatic rings. The van der Waals surface area contributed by atoms with E-state index in [1.54, 1.807) is 0 Å². The zero-order valence-electron chi connectivity index (χ0n) is 10.4. The van der Waals surface area contributed by atoms with E-state index in [1.165, 1.54) is 29.7 Å². The van der Waals surface area contributed by atoms with E-state index in [9.17, 15) is 0 Å². The minimum atomic E-state index is 0.812. The number of aryl methyl sites for hydroxylation is 2. The maximum atomic E-state index is 3.47. The number of hydrogen-bond acceptors (Lipinski definition) is 1. The summed E-state index contributed by atoms with van der Waals surface area (Å²) in [7, 11) is 0. The Labute approximate surface area is 93.9 Å². The Kier molecular flexibility index (Phi) is 4.67. The van der Waals surface area contributed by atoms with E-state index in [1.807, 2.05) is 0 Å². The molecular weight excluding hydrogens is 182 g/mol. The third kappa shape index (κ3) is 4.37. The molecule has 1 nitrogen and oxygen atoms in total. The average molecular weight is 205 g/mol. The molecule has 0 heterocycles. The van der Waals surface area contributed by atoms with Crippen LogP contribution in [0.1, 0.15) is 37.8 Å². The van der Waals surface area contributed by atoms with E-state index in [0.717, 1.165) is 12.5 Å². The second kappa shape index (κ2) is 5.79. The molecule has 0 saturated carbocycles. The molecule has 0 bridgehead atoms. The molecule has 1 N–H and O–H groups in total. The molecule has 0 aliphatic heterocycles. The first kappa shape index (κ1) is 12.1. The highest BCUT2D eigenvalue weighted by Gasteiger charge is 1.96. The van der Waals surface area contributed by atoms with Crippen LogP contribution in [-0.4, -0.2) is 6.54 Å².